The van der Waals surface area contributed by atoms with Crippen molar-refractivity contribution in [2.75, 3.05) is 26.8 Å². The molecule has 0 aromatic heterocycles. The molecule has 1 heterocycles. The Labute approximate surface area is 101 Å². The van der Waals surface area contributed by atoms with Gasteiger partial charge in [-0.15, -0.1) is 0 Å². The molecule has 0 bridgehead atoms. The van der Waals surface area contributed by atoms with E-state index in [9.17, 15) is 4.79 Å². The fourth-order valence-corrected chi connectivity index (χ4v) is 1.95. The average molecular weight is 243 g/mol. The van der Waals surface area contributed by atoms with Gasteiger partial charge in [-0.1, -0.05) is 12.1 Å². The maximum Gasteiger partial charge on any atom is 0.225 e. The van der Waals surface area contributed by atoms with Gasteiger partial charge in [0.05, 0.1) is 0 Å². The molecule has 1 unspecified atom stereocenters. The summed E-state index contributed by atoms with van der Waals surface area (Å²) in [6, 6.07) is 0. The van der Waals surface area contributed by atoms with E-state index in [1.807, 2.05) is 6.92 Å². The Kier molecular flexibility index (Phi) is 5.21. The molecule has 1 fully saturated rings. The molecular formula is C11H21N3O3. The number of hydrogen-bond donors (Lipinski definition) is 2. The predicted molar refractivity (Wildman–Crippen MR) is 63.8 cm³/mol. The molecule has 0 aromatic rings. The molecule has 0 saturated carbocycles. The highest BCUT2D eigenvalue weighted by molar-refractivity contribution is 5.83. The van der Waals surface area contributed by atoms with Crippen molar-refractivity contribution in [1.82, 2.24) is 4.90 Å². The standard InChI is InChI=1S/C11H21N3O3/c1-8(10(12)13-16)7-14(2)11(15)9-3-5-17-6-4-9/h8-9,16H,3-7H2,1-2H3,(H2,12,13). The van der Waals surface area contributed by atoms with E-state index < -0.39 is 0 Å². The minimum absolute atomic E-state index is 0.0493. The Bertz CT molecular complexity index is 288. The van der Waals surface area contributed by atoms with Crippen LogP contribution < -0.4 is 5.73 Å². The zero-order chi connectivity index (χ0) is 12.8. The Balaban J connectivity index is 2.45. The highest BCUT2D eigenvalue weighted by atomic mass is 16.5. The number of carbonyl (C=O) groups is 1. The van der Waals surface area contributed by atoms with Gasteiger partial charge < -0.3 is 20.6 Å². The van der Waals surface area contributed by atoms with E-state index in [2.05, 4.69) is 5.16 Å². The molecule has 0 aromatic carbocycles. The lowest BCUT2D eigenvalue weighted by molar-refractivity contribution is -0.137. The van der Waals surface area contributed by atoms with Crippen LogP contribution in [0.5, 0.6) is 0 Å². The summed E-state index contributed by atoms with van der Waals surface area (Å²) in [4.78, 5) is 13.7. The normalized spacial score (nSPS) is 20.0. The van der Waals surface area contributed by atoms with Crippen LogP contribution in [0.15, 0.2) is 5.16 Å². The van der Waals surface area contributed by atoms with E-state index in [0.717, 1.165) is 12.8 Å². The van der Waals surface area contributed by atoms with E-state index in [1.54, 1.807) is 11.9 Å². The van der Waals surface area contributed by atoms with Crippen LogP contribution in [0.1, 0.15) is 19.8 Å². The molecule has 1 atom stereocenters. The van der Waals surface area contributed by atoms with E-state index in [4.69, 9.17) is 15.7 Å². The summed E-state index contributed by atoms with van der Waals surface area (Å²) in [7, 11) is 1.75. The zero-order valence-electron chi connectivity index (χ0n) is 10.4. The number of carbonyl (C=O) groups excluding carboxylic acids is 1. The lowest BCUT2D eigenvalue weighted by Gasteiger charge is -2.28. The first-order chi connectivity index (χ1) is 8.06. The third-order valence-corrected chi connectivity index (χ3v) is 3.11. The summed E-state index contributed by atoms with van der Waals surface area (Å²) in [5, 5.41) is 11.5. The van der Waals surface area contributed by atoms with Crippen molar-refractivity contribution in [2.45, 2.75) is 19.8 Å². The summed E-state index contributed by atoms with van der Waals surface area (Å²) in [5.41, 5.74) is 5.49. The summed E-state index contributed by atoms with van der Waals surface area (Å²) >= 11 is 0. The number of ether oxygens (including phenoxy) is 1. The Hall–Kier alpha value is -1.30. The first-order valence-corrected chi connectivity index (χ1v) is 5.86. The molecule has 6 heteroatoms. The molecule has 0 radical (unpaired) electrons. The second-order valence-corrected chi connectivity index (χ2v) is 4.53. The van der Waals surface area contributed by atoms with Crippen LogP contribution in [0, 0.1) is 11.8 Å². The SMILES string of the molecule is CC(CN(C)C(=O)C1CCOCC1)C(N)=NO. The molecule has 1 aliphatic rings. The molecule has 3 N–H and O–H groups in total. The third-order valence-electron chi connectivity index (χ3n) is 3.11. The lowest BCUT2D eigenvalue weighted by Crippen LogP contribution is -2.40. The van der Waals surface area contributed by atoms with E-state index >= 15 is 0 Å². The van der Waals surface area contributed by atoms with Gasteiger partial charge in [0.25, 0.3) is 0 Å². The Morgan fingerprint density at radius 1 is 1.59 bits per heavy atom. The zero-order valence-corrected chi connectivity index (χ0v) is 10.4. The predicted octanol–water partition coefficient (Wildman–Crippen LogP) is 0.254. The van der Waals surface area contributed by atoms with Gasteiger partial charge in [-0.3, -0.25) is 4.79 Å². The third kappa shape index (κ3) is 3.89. The van der Waals surface area contributed by atoms with Crippen LogP contribution in [0.25, 0.3) is 0 Å². The van der Waals surface area contributed by atoms with Gasteiger partial charge in [0.15, 0.2) is 0 Å². The van der Waals surface area contributed by atoms with Gasteiger partial charge in [0.1, 0.15) is 5.84 Å². The number of nitrogens with two attached hydrogens (primary N) is 1. The number of hydrogen-bond acceptors (Lipinski definition) is 4. The molecule has 0 spiro atoms. The summed E-state index contributed by atoms with van der Waals surface area (Å²) < 4.78 is 5.22. The van der Waals surface area contributed by atoms with Gasteiger partial charge in [-0.05, 0) is 12.8 Å². The van der Waals surface area contributed by atoms with Crippen LogP contribution in [-0.4, -0.2) is 48.7 Å². The van der Waals surface area contributed by atoms with Crippen LogP contribution >= 0.6 is 0 Å². The molecular weight excluding hydrogens is 222 g/mol. The lowest BCUT2D eigenvalue weighted by atomic mass is 9.98. The summed E-state index contributed by atoms with van der Waals surface area (Å²) in [5.74, 6) is 0.171. The molecule has 0 aliphatic carbocycles. The molecule has 1 aliphatic heterocycles. The molecule has 98 valence electrons. The van der Waals surface area contributed by atoms with Crippen molar-refractivity contribution in [3.8, 4) is 0 Å². The van der Waals surface area contributed by atoms with Crippen molar-refractivity contribution in [2.24, 2.45) is 22.7 Å². The number of rotatable bonds is 4. The number of amidine groups is 1. The second-order valence-electron chi connectivity index (χ2n) is 4.53. The van der Waals surface area contributed by atoms with E-state index in [1.165, 1.54) is 0 Å². The first-order valence-electron chi connectivity index (χ1n) is 5.86. The van der Waals surface area contributed by atoms with Crippen molar-refractivity contribution in [1.29, 1.82) is 0 Å². The highest BCUT2D eigenvalue weighted by Crippen LogP contribution is 2.17. The average Bonchev–Trinajstić information content (AvgIpc) is 2.37. The van der Waals surface area contributed by atoms with Crippen molar-refractivity contribution < 1.29 is 14.7 Å². The Morgan fingerprint density at radius 3 is 2.71 bits per heavy atom. The maximum absolute atomic E-state index is 12.1. The van der Waals surface area contributed by atoms with Crippen LogP contribution in [0.2, 0.25) is 0 Å². The largest absolute Gasteiger partial charge is 0.409 e. The van der Waals surface area contributed by atoms with Gasteiger partial charge in [-0.25, -0.2) is 0 Å². The highest BCUT2D eigenvalue weighted by Gasteiger charge is 2.25. The monoisotopic (exact) mass is 243 g/mol. The number of oxime groups is 1. The van der Waals surface area contributed by atoms with Crippen LogP contribution in [0.4, 0.5) is 0 Å². The van der Waals surface area contributed by atoms with Crippen molar-refractivity contribution >= 4 is 11.7 Å². The Morgan fingerprint density at radius 2 is 2.18 bits per heavy atom. The second kappa shape index (κ2) is 6.44. The van der Waals surface area contributed by atoms with Crippen LogP contribution in [0.3, 0.4) is 0 Å². The first kappa shape index (κ1) is 13.8. The fraction of sp³-hybridized carbons (Fsp3) is 0.818. The van der Waals surface area contributed by atoms with Crippen LogP contribution in [-0.2, 0) is 9.53 Å². The molecule has 1 rings (SSSR count). The number of amides is 1. The molecule has 6 nitrogen and oxygen atoms in total. The minimum atomic E-state index is -0.145. The van der Waals surface area contributed by atoms with Gasteiger partial charge in [0.2, 0.25) is 5.91 Å². The quantitative estimate of drug-likeness (QED) is 0.321. The van der Waals surface area contributed by atoms with Gasteiger partial charge >= 0.3 is 0 Å². The van der Waals surface area contributed by atoms with Gasteiger partial charge in [0, 0.05) is 38.6 Å². The fourth-order valence-electron chi connectivity index (χ4n) is 1.95. The van der Waals surface area contributed by atoms with Gasteiger partial charge in [-0.2, -0.15) is 0 Å². The van der Waals surface area contributed by atoms with Crippen molar-refractivity contribution in [3.05, 3.63) is 0 Å². The van der Waals surface area contributed by atoms with E-state index in [-0.39, 0.29) is 23.6 Å². The van der Waals surface area contributed by atoms with E-state index in [0.29, 0.717) is 19.8 Å². The summed E-state index contributed by atoms with van der Waals surface area (Å²) in [6.45, 7) is 3.59. The topological polar surface area (TPSA) is 88.2 Å². The summed E-state index contributed by atoms with van der Waals surface area (Å²) in [6.07, 6.45) is 1.56. The molecule has 1 amide bonds. The number of nitrogens with zero attached hydrogens (tertiary/aromatic N) is 2. The maximum atomic E-state index is 12.1. The molecule has 1 saturated heterocycles. The van der Waals surface area contributed by atoms with Crippen molar-refractivity contribution in [3.63, 3.8) is 0 Å². The minimum Gasteiger partial charge on any atom is -0.409 e. The molecule has 17 heavy (non-hydrogen) atoms. The smallest absolute Gasteiger partial charge is 0.225 e.